The average molecular weight is 416 g/mol. The molecular formula is C18H18BrN5O2. The molecule has 7 nitrogen and oxygen atoms in total. The first-order chi connectivity index (χ1) is 12.7. The van der Waals surface area contributed by atoms with Crippen LogP contribution in [0, 0.1) is 0 Å². The van der Waals surface area contributed by atoms with Gasteiger partial charge in [0, 0.05) is 4.47 Å². The fourth-order valence-electron chi connectivity index (χ4n) is 2.33. The number of tetrazole rings is 1. The van der Waals surface area contributed by atoms with Crippen LogP contribution < -0.4 is 10.1 Å². The van der Waals surface area contributed by atoms with E-state index in [2.05, 4.69) is 43.7 Å². The maximum absolute atomic E-state index is 12.0. The molecule has 134 valence electrons. The molecule has 0 aliphatic carbocycles. The lowest BCUT2D eigenvalue weighted by molar-refractivity contribution is -0.123. The molecule has 1 amide bonds. The minimum atomic E-state index is -0.239. The van der Waals surface area contributed by atoms with Crippen LogP contribution in [0.4, 0.5) is 0 Å². The Morgan fingerprint density at radius 1 is 1.23 bits per heavy atom. The van der Waals surface area contributed by atoms with Gasteiger partial charge in [-0.25, -0.2) is 0 Å². The van der Waals surface area contributed by atoms with Gasteiger partial charge in [-0.1, -0.05) is 35.0 Å². The standard InChI is InChI=1S/C18H18BrN5O2/c1-2-13-4-3-5-16(10-13)26-12-18(25)20-11-17-21-22-23-24(17)15-8-6-14(19)7-9-15/h3-10H,2,11-12H2,1H3,(H,20,25). The molecule has 0 bridgehead atoms. The average Bonchev–Trinajstić information content (AvgIpc) is 3.14. The highest BCUT2D eigenvalue weighted by molar-refractivity contribution is 9.10. The van der Waals surface area contributed by atoms with E-state index in [-0.39, 0.29) is 19.1 Å². The molecule has 26 heavy (non-hydrogen) atoms. The zero-order chi connectivity index (χ0) is 18.4. The number of amides is 1. The van der Waals surface area contributed by atoms with Crippen molar-refractivity contribution >= 4 is 21.8 Å². The maximum atomic E-state index is 12.0. The molecule has 0 aliphatic rings. The van der Waals surface area contributed by atoms with Crippen molar-refractivity contribution < 1.29 is 9.53 Å². The van der Waals surface area contributed by atoms with Crippen molar-refractivity contribution in [2.24, 2.45) is 0 Å². The third-order valence-corrected chi connectivity index (χ3v) is 4.25. The predicted octanol–water partition coefficient (Wildman–Crippen LogP) is 2.68. The summed E-state index contributed by atoms with van der Waals surface area (Å²) in [4.78, 5) is 12.0. The van der Waals surface area contributed by atoms with E-state index < -0.39 is 0 Å². The number of nitrogens with one attached hydrogen (secondary N) is 1. The predicted molar refractivity (Wildman–Crippen MR) is 100 cm³/mol. The normalized spacial score (nSPS) is 10.5. The quantitative estimate of drug-likeness (QED) is 0.641. The number of rotatable bonds is 7. The monoisotopic (exact) mass is 415 g/mol. The highest BCUT2D eigenvalue weighted by atomic mass is 79.9. The van der Waals surface area contributed by atoms with Crippen molar-refractivity contribution in [3.05, 3.63) is 64.4 Å². The largest absolute Gasteiger partial charge is 0.484 e. The molecule has 0 radical (unpaired) electrons. The molecule has 3 aromatic rings. The Hall–Kier alpha value is -2.74. The summed E-state index contributed by atoms with van der Waals surface area (Å²) < 4.78 is 8.08. The van der Waals surface area contributed by atoms with Crippen molar-refractivity contribution in [3.63, 3.8) is 0 Å². The van der Waals surface area contributed by atoms with Gasteiger partial charge in [0.1, 0.15) is 5.75 Å². The second-order valence-corrected chi connectivity index (χ2v) is 6.47. The highest BCUT2D eigenvalue weighted by Crippen LogP contribution is 2.14. The summed E-state index contributed by atoms with van der Waals surface area (Å²) in [6.45, 7) is 2.22. The van der Waals surface area contributed by atoms with Crippen molar-refractivity contribution in [1.82, 2.24) is 25.5 Å². The number of ether oxygens (including phenoxy) is 1. The van der Waals surface area contributed by atoms with Gasteiger partial charge in [0.25, 0.3) is 5.91 Å². The number of hydrogen-bond donors (Lipinski definition) is 1. The van der Waals surface area contributed by atoms with E-state index >= 15 is 0 Å². The minimum absolute atomic E-state index is 0.0625. The molecule has 0 saturated heterocycles. The van der Waals surface area contributed by atoms with E-state index in [0.717, 1.165) is 22.1 Å². The molecule has 0 atom stereocenters. The molecule has 2 aromatic carbocycles. The number of halogens is 1. The first kappa shape index (κ1) is 18.1. The van der Waals surface area contributed by atoms with Gasteiger partial charge >= 0.3 is 0 Å². The lowest BCUT2D eigenvalue weighted by Gasteiger charge is -2.09. The first-order valence-electron chi connectivity index (χ1n) is 8.17. The SMILES string of the molecule is CCc1cccc(OCC(=O)NCc2nnnn2-c2ccc(Br)cc2)c1. The van der Waals surface area contributed by atoms with Crippen LogP contribution in [0.3, 0.4) is 0 Å². The van der Waals surface area contributed by atoms with Crippen LogP contribution in [-0.2, 0) is 17.8 Å². The van der Waals surface area contributed by atoms with E-state index in [1.807, 2.05) is 48.5 Å². The molecular weight excluding hydrogens is 398 g/mol. The van der Waals surface area contributed by atoms with Crippen molar-refractivity contribution in [1.29, 1.82) is 0 Å². The van der Waals surface area contributed by atoms with Crippen LogP contribution in [0.25, 0.3) is 5.69 Å². The van der Waals surface area contributed by atoms with Gasteiger partial charge in [-0.15, -0.1) is 5.10 Å². The van der Waals surface area contributed by atoms with Crippen LogP contribution >= 0.6 is 15.9 Å². The highest BCUT2D eigenvalue weighted by Gasteiger charge is 2.10. The number of hydrogen-bond acceptors (Lipinski definition) is 5. The van der Waals surface area contributed by atoms with Gasteiger partial charge in [0.15, 0.2) is 12.4 Å². The van der Waals surface area contributed by atoms with Gasteiger partial charge in [0.05, 0.1) is 12.2 Å². The molecule has 3 rings (SSSR count). The van der Waals surface area contributed by atoms with Crippen LogP contribution in [-0.4, -0.2) is 32.7 Å². The molecule has 0 aliphatic heterocycles. The summed E-state index contributed by atoms with van der Waals surface area (Å²) in [5, 5.41) is 14.4. The Kier molecular flexibility index (Phi) is 5.96. The number of aromatic nitrogens is 4. The Labute approximate surface area is 159 Å². The van der Waals surface area contributed by atoms with E-state index in [1.54, 1.807) is 4.68 Å². The number of benzene rings is 2. The van der Waals surface area contributed by atoms with E-state index in [0.29, 0.717) is 11.6 Å². The number of carbonyl (C=O) groups is 1. The lowest BCUT2D eigenvalue weighted by atomic mass is 10.2. The zero-order valence-corrected chi connectivity index (χ0v) is 15.8. The van der Waals surface area contributed by atoms with Crippen LogP contribution in [0.2, 0.25) is 0 Å². The van der Waals surface area contributed by atoms with E-state index in [9.17, 15) is 4.79 Å². The first-order valence-corrected chi connectivity index (χ1v) is 8.96. The molecule has 0 unspecified atom stereocenters. The van der Waals surface area contributed by atoms with Crippen LogP contribution in [0.5, 0.6) is 5.75 Å². The topological polar surface area (TPSA) is 81.9 Å². The van der Waals surface area contributed by atoms with Gasteiger partial charge < -0.3 is 10.1 Å². The molecule has 0 spiro atoms. The summed E-state index contributed by atoms with van der Waals surface area (Å²) in [6, 6.07) is 15.3. The zero-order valence-electron chi connectivity index (χ0n) is 14.2. The van der Waals surface area contributed by atoms with Crippen molar-refractivity contribution in [2.75, 3.05) is 6.61 Å². The Morgan fingerprint density at radius 3 is 2.81 bits per heavy atom. The second kappa shape index (κ2) is 8.57. The molecule has 0 fully saturated rings. The number of carbonyl (C=O) groups excluding carboxylic acids is 1. The van der Waals surface area contributed by atoms with Crippen molar-refractivity contribution in [2.45, 2.75) is 19.9 Å². The van der Waals surface area contributed by atoms with Crippen LogP contribution in [0.1, 0.15) is 18.3 Å². The molecule has 8 heteroatoms. The van der Waals surface area contributed by atoms with Crippen LogP contribution in [0.15, 0.2) is 53.0 Å². The number of aryl methyl sites for hydroxylation is 1. The number of nitrogens with zero attached hydrogens (tertiary/aromatic N) is 4. The lowest BCUT2D eigenvalue weighted by Crippen LogP contribution is -2.29. The summed E-state index contributed by atoms with van der Waals surface area (Å²) in [6.07, 6.45) is 0.919. The Balaban J connectivity index is 1.55. The minimum Gasteiger partial charge on any atom is -0.484 e. The van der Waals surface area contributed by atoms with Gasteiger partial charge in [0.2, 0.25) is 0 Å². The maximum Gasteiger partial charge on any atom is 0.258 e. The van der Waals surface area contributed by atoms with Crippen molar-refractivity contribution in [3.8, 4) is 11.4 Å². The fraction of sp³-hybridized carbons (Fsp3) is 0.222. The summed E-state index contributed by atoms with van der Waals surface area (Å²) in [7, 11) is 0. The summed E-state index contributed by atoms with van der Waals surface area (Å²) >= 11 is 3.39. The third kappa shape index (κ3) is 4.66. The summed E-state index contributed by atoms with van der Waals surface area (Å²) in [5.41, 5.74) is 1.98. The van der Waals surface area contributed by atoms with E-state index in [4.69, 9.17) is 4.74 Å². The second-order valence-electron chi connectivity index (χ2n) is 5.55. The molecule has 1 N–H and O–H groups in total. The summed E-state index contributed by atoms with van der Waals surface area (Å²) in [5.74, 6) is 0.977. The Morgan fingerprint density at radius 2 is 2.04 bits per heavy atom. The van der Waals surface area contributed by atoms with Gasteiger partial charge in [-0.05, 0) is 58.8 Å². The molecule has 1 aromatic heterocycles. The fourth-order valence-corrected chi connectivity index (χ4v) is 2.60. The molecule has 0 saturated carbocycles. The Bertz CT molecular complexity index is 879. The van der Waals surface area contributed by atoms with E-state index in [1.165, 1.54) is 0 Å². The van der Waals surface area contributed by atoms with Gasteiger partial charge in [-0.2, -0.15) is 4.68 Å². The third-order valence-electron chi connectivity index (χ3n) is 3.73. The molecule has 1 heterocycles. The smallest absolute Gasteiger partial charge is 0.258 e. The van der Waals surface area contributed by atoms with Gasteiger partial charge in [-0.3, -0.25) is 4.79 Å².